The van der Waals surface area contributed by atoms with Gasteiger partial charge in [-0.25, -0.2) is 0 Å². The first-order valence-corrected chi connectivity index (χ1v) is 5.54. The molecule has 1 atom stereocenters. The van der Waals surface area contributed by atoms with Gasteiger partial charge in [-0.05, 0) is 13.8 Å². The fourth-order valence-electron chi connectivity index (χ4n) is 1.34. The number of rotatable bonds is 7. The summed E-state index contributed by atoms with van der Waals surface area (Å²) in [7, 11) is 0. The van der Waals surface area contributed by atoms with E-state index in [2.05, 4.69) is 0 Å². The van der Waals surface area contributed by atoms with E-state index in [1.165, 1.54) is 0 Å². The highest BCUT2D eigenvalue weighted by Crippen LogP contribution is 2.05. The van der Waals surface area contributed by atoms with Gasteiger partial charge in [0.25, 0.3) is 0 Å². The minimum Gasteiger partial charge on any atom is -0.379 e. The summed E-state index contributed by atoms with van der Waals surface area (Å²) >= 11 is 0. The van der Waals surface area contributed by atoms with Gasteiger partial charge in [0, 0.05) is 12.2 Å². The molecule has 1 aromatic rings. The number of benzene rings is 1. The molecule has 0 saturated heterocycles. The van der Waals surface area contributed by atoms with Gasteiger partial charge in [-0.3, -0.25) is 4.79 Å². The molecule has 0 aliphatic rings. The number of ketones is 1. The summed E-state index contributed by atoms with van der Waals surface area (Å²) in [4.78, 5) is 11.8. The van der Waals surface area contributed by atoms with Crippen LogP contribution >= 0.6 is 0 Å². The Morgan fingerprint density at radius 3 is 2.56 bits per heavy atom. The molecular formula is C13H18O3. The molecule has 0 N–H and O–H groups in total. The summed E-state index contributed by atoms with van der Waals surface area (Å²) in [5.74, 6) is 0.0112. The predicted molar refractivity (Wildman–Crippen MR) is 62.7 cm³/mol. The highest BCUT2D eigenvalue weighted by molar-refractivity contribution is 5.99. The fourth-order valence-corrected chi connectivity index (χ4v) is 1.34. The van der Waals surface area contributed by atoms with Crippen LogP contribution in [0.15, 0.2) is 30.3 Å². The van der Waals surface area contributed by atoms with Gasteiger partial charge in [0.1, 0.15) is 6.10 Å². The second-order valence-electron chi connectivity index (χ2n) is 3.44. The van der Waals surface area contributed by atoms with E-state index < -0.39 is 6.10 Å². The lowest BCUT2D eigenvalue weighted by atomic mass is 10.1. The smallest absolute Gasteiger partial charge is 0.191 e. The lowest BCUT2D eigenvalue weighted by Crippen LogP contribution is -2.22. The lowest BCUT2D eigenvalue weighted by Gasteiger charge is -2.11. The average Bonchev–Trinajstić information content (AvgIpc) is 2.34. The molecule has 0 aromatic heterocycles. The monoisotopic (exact) mass is 222 g/mol. The van der Waals surface area contributed by atoms with Crippen molar-refractivity contribution >= 4 is 5.78 Å². The van der Waals surface area contributed by atoms with E-state index in [4.69, 9.17) is 9.47 Å². The van der Waals surface area contributed by atoms with Gasteiger partial charge in [0.2, 0.25) is 0 Å². The molecular weight excluding hydrogens is 204 g/mol. The Morgan fingerprint density at radius 1 is 1.25 bits per heavy atom. The third-order valence-corrected chi connectivity index (χ3v) is 2.23. The van der Waals surface area contributed by atoms with E-state index in [-0.39, 0.29) is 5.78 Å². The van der Waals surface area contributed by atoms with E-state index in [1.807, 2.05) is 25.1 Å². The van der Waals surface area contributed by atoms with Crippen molar-refractivity contribution in [1.82, 2.24) is 0 Å². The Bertz CT molecular complexity index is 308. The van der Waals surface area contributed by atoms with Gasteiger partial charge in [-0.1, -0.05) is 30.3 Å². The molecule has 0 aliphatic carbocycles. The molecule has 0 spiro atoms. The summed E-state index contributed by atoms with van der Waals surface area (Å²) in [6.07, 6.45) is -0.414. The van der Waals surface area contributed by atoms with Crippen LogP contribution < -0.4 is 0 Å². The lowest BCUT2D eigenvalue weighted by molar-refractivity contribution is 0.0174. The van der Waals surface area contributed by atoms with Crippen molar-refractivity contribution in [2.24, 2.45) is 0 Å². The van der Waals surface area contributed by atoms with Crippen LogP contribution in [0, 0.1) is 0 Å². The van der Waals surface area contributed by atoms with Crippen LogP contribution in [0.5, 0.6) is 0 Å². The van der Waals surface area contributed by atoms with Gasteiger partial charge in [0.15, 0.2) is 5.78 Å². The Labute approximate surface area is 96.4 Å². The number of ether oxygens (including phenoxy) is 2. The minimum absolute atomic E-state index is 0.0112. The van der Waals surface area contributed by atoms with Crippen molar-refractivity contribution in [2.45, 2.75) is 20.0 Å². The predicted octanol–water partition coefficient (Wildman–Crippen LogP) is 2.31. The zero-order valence-electron chi connectivity index (χ0n) is 9.81. The van der Waals surface area contributed by atoms with Crippen LogP contribution in [0.25, 0.3) is 0 Å². The quantitative estimate of drug-likeness (QED) is 0.524. The first-order valence-electron chi connectivity index (χ1n) is 5.54. The first kappa shape index (κ1) is 12.9. The van der Waals surface area contributed by atoms with Crippen molar-refractivity contribution in [3.05, 3.63) is 35.9 Å². The topological polar surface area (TPSA) is 35.5 Å². The summed E-state index contributed by atoms with van der Waals surface area (Å²) in [5.41, 5.74) is 0.686. The number of Topliss-reactive ketones (excluding diaryl/α,β-unsaturated/α-hetero) is 1. The van der Waals surface area contributed by atoms with Crippen LogP contribution in [-0.4, -0.2) is 31.7 Å². The molecule has 1 unspecified atom stereocenters. The molecule has 3 nitrogen and oxygen atoms in total. The molecule has 0 aliphatic heterocycles. The Morgan fingerprint density at radius 2 is 1.94 bits per heavy atom. The highest BCUT2D eigenvalue weighted by atomic mass is 16.5. The normalized spacial score (nSPS) is 12.4. The standard InChI is InChI=1S/C13H18O3/c1-3-15-9-10-16-11(2)13(14)12-7-5-4-6-8-12/h4-8,11H,3,9-10H2,1-2H3. The van der Waals surface area contributed by atoms with E-state index in [1.54, 1.807) is 19.1 Å². The maximum absolute atomic E-state index is 11.8. The summed E-state index contributed by atoms with van der Waals surface area (Å²) in [6.45, 7) is 5.35. The van der Waals surface area contributed by atoms with Gasteiger partial charge < -0.3 is 9.47 Å². The van der Waals surface area contributed by atoms with Gasteiger partial charge >= 0.3 is 0 Å². The van der Waals surface area contributed by atoms with Crippen LogP contribution in [-0.2, 0) is 9.47 Å². The van der Waals surface area contributed by atoms with Crippen LogP contribution in [0.4, 0.5) is 0 Å². The zero-order chi connectivity index (χ0) is 11.8. The number of hydrogen-bond donors (Lipinski definition) is 0. The Kier molecular flexibility index (Phi) is 5.75. The molecule has 0 radical (unpaired) electrons. The van der Waals surface area contributed by atoms with Gasteiger partial charge in [0.05, 0.1) is 13.2 Å². The van der Waals surface area contributed by atoms with Crippen LogP contribution in [0.3, 0.4) is 0 Å². The average molecular weight is 222 g/mol. The third-order valence-electron chi connectivity index (χ3n) is 2.23. The first-order chi connectivity index (χ1) is 7.75. The van der Waals surface area contributed by atoms with E-state index in [9.17, 15) is 4.79 Å². The van der Waals surface area contributed by atoms with Crippen molar-refractivity contribution in [3.63, 3.8) is 0 Å². The Balaban J connectivity index is 2.37. The highest BCUT2D eigenvalue weighted by Gasteiger charge is 2.14. The van der Waals surface area contributed by atoms with E-state index >= 15 is 0 Å². The van der Waals surface area contributed by atoms with Crippen molar-refractivity contribution < 1.29 is 14.3 Å². The second kappa shape index (κ2) is 7.14. The molecule has 88 valence electrons. The van der Waals surface area contributed by atoms with Crippen LogP contribution in [0.1, 0.15) is 24.2 Å². The van der Waals surface area contributed by atoms with Gasteiger partial charge in [-0.15, -0.1) is 0 Å². The largest absolute Gasteiger partial charge is 0.379 e. The Hall–Kier alpha value is -1.19. The molecule has 1 rings (SSSR count). The van der Waals surface area contributed by atoms with Crippen molar-refractivity contribution in [2.75, 3.05) is 19.8 Å². The summed E-state index contributed by atoms with van der Waals surface area (Å²) in [5, 5.41) is 0. The van der Waals surface area contributed by atoms with Gasteiger partial charge in [-0.2, -0.15) is 0 Å². The van der Waals surface area contributed by atoms with Crippen LogP contribution in [0.2, 0.25) is 0 Å². The van der Waals surface area contributed by atoms with Crippen molar-refractivity contribution in [3.8, 4) is 0 Å². The summed E-state index contributed by atoms with van der Waals surface area (Å²) < 4.78 is 10.5. The summed E-state index contributed by atoms with van der Waals surface area (Å²) in [6, 6.07) is 9.17. The molecule has 16 heavy (non-hydrogen) atoms. The molecule has 0 fully saturated rings. The molecule has 3 heteroatoms. The van der Waals surface area contributed by atoms with Crippen molar-refractivity contribution in [1.29, 1.82) is 0 Å². The minimum atomic E-state index is -0.414. The maximum Gasteiger partial charge on any atom is 0.191 e. The molecule has 0 bridgehead atoms. The number of hydrogen-bond acceptors (Lipinski definition) is 3. The molecule has 0 saturated carbocycles. The number of carbonyl (C=O) groups excluding carboxylic acids is 1. The molecule has 0 heterocycles. The third kappa shape index (κ3) is 4.13. The van der Waals surface area contributed by atoms with E-state index in [0.717, 1.165) is 0 Å². The molecule has 1 aromatic carbocycles. The fraction of sp³-hybridized carbons (Fsp3) is 0.462. The maximum atomic E-state index is 11.8. The second-order valence-corrected chi connectivity index (χ2v) is 3.44. The van der Waals surface area contributed by atoms with E-state index in [0.29, 0.717) is 25.4 Å². The SMILES string of the molecule is CCOCCOC(C)C(=O)c1ccccc1. The number of carbonyl (C=O) groups is 1. The zero-order valence-corrected chi connectivity index (χ0v) is 9.81. The molecule has 0 amide bonds.